The lowest BCUT2D eigenvalue weighted by molar-refractivity contribution is 0.170. The Bertz CT molecular complexity index is 451. The molecule has 0 radical (unpaired) electrons. The maximum Gasteiger partial charge on any atom is 0.175 e. The van der Waals surface area contributed by atoms with E-state index in [-0.39, 0.29) is 12.6 Å². The minimum Gasteiger partial charge on any atom is -0.486 e. The Morgan fingerprint density at radius 3 is 2.75 bits per heavy atom. The normalized spacial score (nSPS) is 15.4. The van der Waals surface area contributed by atoms with Crippen LogP contribution in [0.2, 0.25) is 0 Å². The molecule has 1 aromatic carbocycles. The molecule has 1 heterocycles. The first-order valence-electron chi connectivity index (χ1n) is 7.02. The summed E-state index contributed by atoms with van der Waals surface area (Å²) in [5, 5.41) is 12.8. The molecule has 0 amide bonds. The zero-order valence-corrected chi connectivity index (χ0v) is 13.6. The summed E-state index contributed by atoms with van der Waals surface area (Å²) in [5.74, 6) is 2.12. The average Bonchev–Trinajstić information content (AvgIpc) is 2.43. The van der Waals surface area contributed by atoms with Gasteiger partial charge in [-0.15, -0.1) is 0 Å². The maximum atomic E-state index is 9.38. The van der Waals surface area contributed by atoms with E-state index in [2.05, 4.69) is 35.1 Å². The third-order valence-corrected chi connectivity index (χ3v) is 3.82. The van der Waals surface area contributed by atoms with Crippen LogP contribution in [-0.4, -0.2) is 31.0 Å². The second-order valence-electron chi connectivity index (χ2n) is 5.49. The molecular weight excluding hydrogens is 322 g/mol. The number of fused-ring (bicyclic) bond motifs is 1. The van der Waals surface area contributed by atoms with E-state index < -0.39 is 0 Å². The monoisotopic (exact) mass is 343 g/mol. The number of rotatable bonds is 6. The predicted molar refractivity (Wildman–Crippen MR) is 82.3 cm³/mol. The highest BCUT2D eigenvalue weighted by atomic mass is 79.9. The Morgan fingerprint density at radius 1 is 1.30 bits per heavy atom. The highest BCUT2D eigenvalue weighted by Crippen LogP contribution is 2.38. The van der Waals surface area contributed by atoms with Crippen molar-refractivity contribution in [3.63, 3.8) is 0 Å². The standard InChI is InChI=1S/C15H22BrNO3/c1-10(2)5-12(9-18)17-8-11-6-13(16)15-14(7-11)19-3-4-20-15/h6-7,10,12,17-18H,3-5,8-9H2,1-2H3. The van der Waals surface area contributed by atoms with Crippen LogP contribution in [0.3, 0.4) is 0 Å². The summed E-state index contributed by atoms with van der Waals surface area (Å²) in [6, 6.07) is 4.15. The quantitative estimate of drug-likeness (QED) is 0.833. The predicted octanol–water partition coefficient (Wildman–Crippen LogP) is 2.72. The molecule has 1 atom stereocenters. The molecule has 112 valence electrons. The number of ether oxygens (including phenoxy) is 2. The van der Waals surface area contributed by atoms with Gasteiger partial charge in [0.1, 0.15) is 13.2 Å². The van der Waals surface area contributed by atoms with Crippen LogP contribution in [0, 0.1) is 5.92 Å². The van der Waals surface area contributed by atoms with Crippen LogP contribution in [0.4, 0.5) is 0 Å². The number of hydrogen-bond donors (Lipinski definition) is 2. The molecule has 2 rings (SSSR count). The summed E-state index contributed by atoms with van der Waals surface area (Å²) in [5.41, 5.74) is 1.11. The van der Waals surface area contributed by atoms with E-state index in [1.165, 1.54) is 0 Å². The molecular formula is C15H22BrNO3. The summed E-state index contributed by atoms with van der Waals surface area (Å²) >= 11 is 3.52. The van der Waals surface area contributed by atoms with Crippen molar-refractivity contribution in [3.8, 4) is 11.5 Å². The summed E-state index contributed by atoms with van der Waals surface area (Å²) in [6.07, 6.45) is 0.961. The molecule has 0 saturated carbocycles. The van der Waals surface area contributed by atoms with Gasteiger partial charge in [-0.25, -0.2) is 0 Å². The SMILES string of the molecule is CC(C)CC(CO)NCc1cc(Br)c2c(c1)OCCO2. The maximum absolute atomic E-state index is 9.38. The van der Waals surface area contributed by atoms with Crippen LogP contribution in [0.25, 0.3) is 0 Å². The molecule has 1 aliphatic rings. The van der Waals surface area contributed by atoms with Crippen molar-refractivity contribution in [2.45, 2.75) is 32.9 Å². The van der Waals surface area contributed by atoms with Gasteiger partial charge >= 0.3 is 0 Å². The first kappa shape index (κ1) is 15.6. The van der Waals surface area contributed by atoms with E-state index in [1.807, 2.05) is 12.1 Å². The third kappa shape index (κ3) is 4.11. The van der Waals surface area contributed by atoms with Gasteiger partial charge < -0.3 is 19.9 Å². The number of hydrogen-bond acceptors (Lipinski definition) is 4. The van der Waals surface area contributed by atoms with Crippen LogP contribution in [0.15, 0.2) is 16.6 Å². The zero-order valence-electron chi connectivity index (χ0n) is 12.0. The number of aliphatic hydroxyl groups is 1. The molecule has 1 aliphatic heterocycles. The van der Waals surface area contributed by atoms with E-state index in [0.717, 1.165) is 28.0 Å². The smallest absolute Gasteiger partial charge is 0.175 e. The molecule has 0 fully saturated rings. The minimum absolute atomic E-state index is 0.127. The fourth-order valence-electron chi connectivity index (χ4n) is 2.32. The van der Waals surface area contributed by atoms with E-state index in [9.17, 15) is 5.11 Å². The Morgan fingerprint density at radius 2 is 2.05 bits per heavy atom. The van der Waals surface area contributed by atoms with E-state index in [1.54, 1.807) is 0 Å². The number of benzene rings is 1. The van der Waals surface area contributed by atoms with Crippen LogP contribution < -0.4 is 14.8 Å². The molecule has 0 aliphatic carbocycles. The van der Waals surface area contributed by atoms with E-state index in [4.69, 9.17) is 9.47 Å². The molecule has 0 saturated heterocycles. The molecule has 4 nitrogen and oxygen atoms in total. The summed E-state index contributed by atoms with van der Waals surface area (Å²) in [7, 11) is 0. The van der Waals surface area contributed by atoms with Gasteiger partial charge in [0.05, 0.1) is 11.1 Å². The van der Waals surface area contributed by atoms with E-state index in [0.29, 0.717) is 25.7 Å². The number of nitrogens with one attached hydrogen (secondary N) is 1. The van der Waals surface area contributed by atoms with Gasteiger partial charge in [0.2, 0.25) is 0 Å². The summed E-state index contributed by atoms with van der Waals surface area (Å²) in [6.45, 7) is 6.35. The second-order valence-corrected chi connectivity index (χ2v) is 6.35. The van der Waals surface area contributed by atoms with Gasteiger partial charge in [-0.3, -0.25) is 0 Å². The first-order chi connectivity index (χ1) is 9.60. The molecule has 1 aromatic rings. The molecule has 0 spiro atoms. The van der Waals surface area contributed by atoms with Crippen molar-refractivity contribution in [3.05, 3.63) is 22.2 Å². The lowest BCUT2D eigenvalue weighted by Crippen LogP contribution is -2.33. The highest BCUT2D eigenvalue weighted by Gasteiger charge is 2.17. The summed E-state index contributed by atoms with van der Waals surface area (Å²) < 4.78 is 12.1. The van der Waals surface area contributed by atoms with Crippen LogP contribution in [0.1, 0.15) is 25.8 Å². The first-order valence-corrected chi connectivity index (χ1v) is 7.81. The van der Waals surface area contributed by atoms with Gasteiger partial charge in [0, 0.05) is 12.6 Å². The van der Waals surface area contributed by atoms with Crippen molar-refractivity contribution in [1.82, 2.24) is 5.32 Å². The molecule has 2 N–H and O–H groups in total. The second kappa shape index (κ2) is 7.29. The molecule has 5 heteroatoms. The third-order valence-electron chi connectivity index (χ3n) is 3.23. The van der Waals surface area contributed by atoms with Crippen LogP contribution in [-0.2, 0) is 6.54 Å². The van der Waals surface area contributed by atoms with Gasteiger partial charge in [-0.1, -0.05) is 13.8 Å². The van der Waals surface area contributed by atoms with Crippen molar-refractivity contribution in [2.75, 3.05) is 19.8 Å². The molecule has 0 aromatic heterocycles. The lowest BCUT2D eigenvalue weighted by Gasteiger charge is -2.22. The number of halogens is 1. The van der Waals surface area contributed by atoms with Crippen molar-refractivity contribution in [2.24, 2.45) is 5.92 Å². The van der Waals surface area contributed by atoms with Crippen molar-refractivity contribution in [1.29, 1.82) is 0 Å². The van der Waals surface area contributed by atoms with Crippen molar-refractivity contribution < 1.29 is 14.6 Å². The molecule has 20 heavy (non-hydrogen) atoms. The van der Waals surface area contributed by atoms with E-state index >= 15 is 0 Å². The fraction of sp³-hybridized carbons (Fsp3) is 0.600. The van der Waals surface area contributed by atoms with Gasteiger partial charge in [-0.05, 0) is 46.0 Å². The Kier molecular flexibility index (Phi) is 5.69. The summed E-state index contributed by atoms with van der Waals surface area (Å²) in [4.78, 5) is 0. The number of aliphatic hydroxyl groups excluding tert-OH is 1. The molecule has 1 unspecified atom stereocenters. The van der Waals surface area contributed by atoms with Gasteiger partial charge in [0.25, 0.3) is 0 Å². The Labute approximate surface area is 128 Å². The Balaban J connectivity index is 2.01. The van der Waals surface area contributed by atoms with Gasteiger partial charge in [0.15, 0.2) is 11.5 Å². The topological polar surface area (TPSA) is 50.7 Å². The van der Waals surface area contributed by atoms with Crippen LogP contribution in [0.5, 0.6) is 11.5 Å². The van der Waals surface area contributed by atoms with Gasteiger partial charge in [-0.2, -0.15) is 0 Å². The molecule has 0 bridgehead atoms. The van der Waals surface area contributed by atoms with Crippen LogP contribution >= 0.6 is 15.9 Å². The lowest BCUT2D eigenvalue weighted by atomic mass is 10.0. The fourth-order valence-corrected chi connectivity index (χ4v) is 2.92. The average molecular weight is 344 g/mol. The largest absolute Gasteiger partial charge is 0.486 e. The highest BCUT2D eigenvalue weighted by molar-refractivity contribution is 9.10. The Hall–Kier alpha value is -0.780. The van der Waals surface area contributed by atoms with Crippen molar-refractivity contribution >= 4 is 15.9 Å². The zero-order chi connectivity index (χ0) is 14.5. The minimum atomic E-state index is 0.127.